The number of hydrogen-bond acceptors (Lipinski definition) is 2. The highest BCUT2D eigenvalue weighted by molar-refractivity contribution is 6.20. The molecule has 0 aliphatic rings. The lowest BCUT2D eigenvalue weighted by molar-refractivity contribution is 0.669. The number of nitrogens with zero attached hydrogens (tertiary/aromatic N) is 2. The third-order valence-electron chi connectivity index (χ3n) is 5.12. The number of fused-ring (bicyclic) bond motifs is 4. The lowest BCUT2D eigenvalue weighted by Gasteiger charge is -2.07. The average molecular weight is 377 g/mol. The van der Waals surface area contributed by atoms with Gasteiger partial charge in [-0.2, -0.15) is 0 Å². The van der Waals surface area contributed by atoms with E-state index in [1.54, 1.807) is 7.05 Å². The number of amidine groups is 2. The van der Waals surface area contributed by atoms with Crippen LogP contribution < -0.4 is 5.73 Å². The van der Waals surface area contributed by atoms with Gasteiger partial charge in [-0.3, -0.25) is 4.99 Å². The maximum absolute atomic E-state index is 6.47. The van der Waals surface area contributed by atoms with Crippen LogP contribution in [0.4, 0.5) is 0 Å². The van der Waals surface area contributed by atoms with Crippen LogP contribution in [-0.4, -0.2) is 18.7 Å². The highest BCUT2D eigenvalue weighted by Gasteiger charge is 2.14. The van der Waals surface area contributed by atoms with Gasteiger partial charge in [-0.25, -0.2) is 4.99 Å². The van der Waals surface area contributed by atoms with Gasteiger partial charge < -0.3 is 10.2 Å². The first-order valence-corrected chi connectivity index (χ1v) is 9.45. The Labute approximate surface area is 168 Å². The molecule has 0 unspecified atom stereocenters. The van der Waals surface area contributed by atoms with Crippen LogP contribution in [-0.2, 0) is 0 Å². The van der Waals surface area contributed by atoms with Crippen molar-refractivity contribution in [1.82, 2.24) is 0 Å². The molecule has 1 heterocycles. The number of rotatable bonds is 2. The Balaban J connectivity index is 1.64. The molecule has 0 aliphatic heterocycles. The van der Waals surface area contributed by atoms with Crippen LogP contribution in [0.15, 0.2) is 99.3 Å². The molecule has 4 nitrogen and oxygen atoms in total. The number of hydrogen-bond donors (Lipinski definition) is 1. The smallest absolute Gasteiger partial charge is 0.156 e. The molecule has 0 fully saturated rings. The number of para-hydroxylation sites is 1. The Kier molecular flexibility index (Phi) is 4.10. The molecule has 0 bridgehead atoms. The van der Waals surface area contributed by atoms with E-state index in [-0.39, 0.29) is 0 Å². The second-order valence-corrected chi connectivity index (χ2v) is 6.88. The van der Waals surface area contributed by atoms with Gasteiger partial charge in [-0.1, -0.05) is 66.7 Å². The summed E-state index contributed by atoms with van der Waals surface area (Å²) in [5, 5.41) is 4.32. The Morgan fingerprint density at radius 2 is 1.55 bits per heavy atom. The molecular formula is C25H19N3O. The molecule has 1 aromatic heterocycles. The quantitative estimate of drug-likeness (QED) is 0.325. The highest BCUT2D eigenvalue weighted by atomic mass is 16.3. The summed E-state index contributed by atoms with van der Waals surface area (Å²) in [6, 6.07) is 28.2. The van der Waals surface area contributed by atoms with Crippen molar-refractivity contribution in [2.45, 2.75) is 0 Å². The van der Waals surface area contributed by atoms with Gasteiger partial charge in [-0.15, -0.1) is 0 Å². The number of aliphatic imine (C=N–C) groups is 2. The molecule has 0 amide bonds. The standard InChI is InChI=1S/C25H19N3O/c1-27-25(18-14-13-16-7-2-3-8-17(16)15-18)28-24(26)20-10-6-12-22-23(20)19-9-4-5-11-21(19)29-22/h2-15H,1H3,(H2,26,27,28). The summed E-state index contributed by atoms with van der Waals surface area (Å²) >= 11 is 0. The molecule has 0 radical (unpaired) electrons. The fourth-order valence-corrected chi connectivity index (χ4v) is 3.73. The minimum absolute atomic E-state index is 0.413. The van der Waals surface area contributed by atoms with Crippen molar-refractivity contribution in [3.63, 3.8) is 0 Å². The predicted molar refractivity (Wildman–Crippen MR) is 121 cm³/mol. The summed E-state index contributed by atoms with van der Waals surface area (Å²) in [4.78, 5) is 9.07. The summed E-state index contributed by atoms with van der Waals surface area (Å²) in [6.45, 7) is 0. The first-order valence-electron chi connectivity index (χ1n) is 9.45. The maximum atomic E-state index is 6.47. The SMILES string of the molecule is CN=C(N=C(N)c1cccc2oc3ccccc3c12)c1ccc2ccccc2c1. The van der Waals surface area contributed by atoms with Crippen molar-refractivity contribution in [3.8, 4) is 0 Å². The van der Waals surface area contributed by atoms with E-state index in [9.17, 15) is 0 Å². The zero-order valence-electron chi connectivity index (χ0n) is 16.0. The minimum atomic E-state index is 0.413. The van der Waals surface area contributed by atoms with Crippen LogP contribution >= 0.6 is 0 Å². The van der Waals surface area contributed by atoms with Gasteiger partial charge in [0, 0.05) is 28.9 Å². The number of furan rings is 1. The molecule has 29 heavy (non-hydrogen) atoms. The number of benzene rings is 4. The molecule has 0 atom stereocenters. The third-order valence-corrected chi connectivity index (χ3v) is 5.12. The lowest BCUT2D eigenvalue weighted by atomic mass is 10.0. The second kappa shape index (κ2) is 6.91. The zero-order chi connectivity index (χ0) is 19.8. The van der Waals surface area contributed by atoms with E-state index in [1.807, 2.05) is 60.7 Å². The molecule has 4 heteroatoms. The van der Waals surface area contributed by atoms with E-state index in [1.165, 1.54) is 5.39 Å². The fraction of sp³-hybridized carbons (Fsp3) is 0.0400. The lowest BCUT2D eigenvalue weighted by Crippen LogP contribution is -2.16. The molecule has 0 spiro atoms. The first kappa shape index (κ1) is 17.2. The Morgan fingerprint density at radius 3 is 2.41 bits per heavy atom. The molecule has 5 rings (SSSR count). The molecule has 0 aliphatic carbocycles. The normalized spacial score (nSPS) is 12.9. The van der Waals surface area contributed by atoms with E-state index >= 15 is 0 Å². The predicted octanol–water partition coefficient (Wildman–Crippen LogP) is 5.52. The van der Waals surface area contributed by atoms with Crippen molar-refractivity contribution in [3.05, 3.63) is 96.1 Å². The van der Waals surface area contributed by atoms with Gasteiger partial charge in [0.2, 0.25) is 0 Å². The zero-order valence-corrected chi connectivity index (χ0v) is 16.0. The Hall–Kier alpha value is -3.92. The van der Waals surface area contributed by atoms with Gasteiger partial charge in [0.1, 0.15) is 17.0 Å². The third kappa shape index (κ3) is 2.95. The molecule has 140 valence electrons. The largest absolute Gasteiger partial charge is 0.456 e. The fourth-order valence-electron chi connectivity index (χ4n) is 3.73. The Morgan fingerprint density at radius 1 is 0.793 bits per heavy atom. The van der Waals surface area contributed by atoms with Crippen molar-refractivity contribution >= 4 is 44.4 Å². The van der Waals surface area contributed by atoms with Gasteiger partial charge in [0.25, 0.3) is 0 Å². The summed E-state index contributed by atoms with van der Waals surface area (Å²) in [5.74, 6) is 1.01. The molecule has 0 saturated carbocycles. The van der Waals surface area contributed by atoms with Gasteiger partial charge in [0.05, 0.1) is 0 Å². The monoisotopic (exact) mass is 377 g/mol. The van der Waals surface area contributed by atoms with Crippen molar-refractivity contribution in [2.75, 3.05) is 7.05 Å². The molecule has 5 aromatic rings. The summed E-state index contributed by atoms with van der Waals surface area (Å²) in [5.41, 5.74) is 9.87. The van der Waals surface area contributed by atoms with Crippen LogP contribution in [0.25, 0.3) is 32.7 Å². The maximum Gasteiger partial charge on any atom is 0.156 e. The Bertz CT molecular complexity index is 1430. The van der Waals surface area contributed by atoms with E-state index in [2.05, 4.69) is 34.3 Å². The molecular weight excluding hydrogens is 358 g/mol. The van der Waals surface area contributed by atoms with Crippen LogP contribution in [0, 0.1) is 0 Å². The van der Waals surface area contributed by atoms with Crippen LogP contribution in [0.3, 0.4) is 0 Å². The van der Waals surface area contributed by atoms with Gasteiger partial charge in [0.15, 0.2) is 5.84 Å². The summed E-state index contributed by atoms with van der Waals surface area (Å²) < 4.78 is 5.97. The van der Waals surface area contributed by atoms with Gasteiger partial charge >= 0.3 is 0 Å². The molecule has 0 saturated heterocycles. The number of nitrogens with two attached hydrogens (primary N) is 1. The first-order chi connectivity index (χ1) is 14.2. The van der Waals surface area contributed by atoms with Crippen molar-refractivity contribution in [1.29, 1.82) is 0 Å². The summed E-state index contributed by atoms with van der Waals surface area (Å²) in [7, 11) is 1.73. The van der Waals surface area contributed by atoms with E-state index in [0.717, 1.165) is 38.5 Å². The topological polar surface area (TPSA) is 63.9 Å². The minimum Gasteiger partial charge on any atom is -0.456 e. The molecule has 2 N–H and O–H groups in total. The second-order valence-electron chi connectivity index (χ2n) is 6.88. The van der Waals surface area contributed by atoms with Crippen LogP contribution in [0.2, 0.25) is 0 Å². The average Bonchev–Trinajstić information content (AvgIpc) is 3.15. The van der Waals surface area contributed by atoms with E-state index in [0.29, 0.717) is 11.7 Å². The van der Waals surface area contributed by atoms with Crippen LogP contribution in [0.5, 0.6) is 0 Å². The van der Waals surface area contributed by atoms with Crippen LogP contribution in [0.1, 0.15) is 11.1 Å². The van der Waals surface area contributed by atoms with E-state index in [4.69, 9.17) is 10.2 Å². The molecule has 4 aromatic carbocycles. The van der Waals surface area contributed by atoms with Gasteiger partial charge in [-0.05, 0) is 29.0 Å². The highest BCUT2D eigenvalue weighted by Crippen LogP contribution is 2.31. The summed E-state index contributed by atoms with van der Waals surface area (Å²) in [6.07, 6.45) is 0. The van der Waals surface area contributed by atoms with E-state index < -0.39 is 0 Å². The van der Waals surface area contributed by atoms with Crippen molar-refractivity contribution < 1.29 is 4.42 Å². The van der Waals surface area contributed by atoms with Crippen molar-refractivity contribution in [2.24, 2.45) is 15.7 Å².